The quantitative estimate of drug-likeness (QED) is 0.466. The maximum Gasteiger partial charge on any atom is 0.330 e. The summed E-state index contributed by atoms with van der Waals surface area (Å²) < 4.78 is 6.96. The van der Waals surface area contributed by atoms with Crippen LogP contribution >= 0.6 is 0 Å². The van der Waals surface area contributed by atoms with Gasteiger partial charge in [-0.25, -0.2) is 14.5 Å². The number of pyridine rings is 2. The minimum atomic E-state index is -0.366. The summed E-state index contributed by atoms with van der Waals surface area (Å²) in [6.07, 6.45) is 8.79. The Hall–Kier alpha value is -3.02. The number of aromatic nitrogens is 4. The summed E-state index contributed by atoms with van der Waals surface area (Å²) in [4.78, 5) is 21.2. The molecule has 3 rings (SSSR count). The molecule has 0 aliphatic rings. The average Bonchev–Trinajstić information content (AvgIpc) is 3.08. The molecule has 6 heteroatoms. The van der Waals surface area contributed by atoms with Crippen LogP contribution in [0, 0.1) is 6.92 Å². The van der Waals surface area contributed by atoms with Crippen LogP contribution < -0.4 is 0 Å². The zero-order valence-corrected chi connectivity index (χ0v) is 17.1. The number of carbonyl (C=O) groups is 1. The Bertz CT molecular complexity index is 1030. The van der Waals surface area contributed by atoms with Gasteiger partial charge in [-0.1, -0.05) is 13.8 Å². The van der Waals surface area contributed by atoms with Crippen LogP contribution in [-0.2, 0) is 16.1 Å². The number of esters is 1. The minimum absolute atomic E-state index is 0.169. The van der Waals surface area contributed by atoms with Crippen molar-refractivity contribution >= 4 is 23.1 Å². The summed E-state index contributed by atoms with van der Waals surface area (Å²) in [5.74, 6) is -0.196. The van der Waals surface area contributed by atoms with Gasteiger partial charge in [0.25, 0.3) is 0 Å². The molecular formula is C22H26N4O2. The number of carbonyl (C=O) groups excluding carboxylic acids is 1. The fraction of sp³-hybridized carbons (Fsp3) is 0.364. The van der Waals surface area contributed by atoms with Crippen LogP contribution in [0.4, 0.5) is 0 Å². The number of nitrogens with zero attached hydrogens (tertiary/aromatic N) is 4. The number of rotatable bonds is 6. The third kappa shape index (κ3) is 3.81. The fourth-order valence-corrected chi connectivity index (χ4v) is 3.31. The maximum absolute atomic E-state index is 12.0. The van der Waals surface area contributed by atoms with Crippen molar-refractivity contribution in [1.82, 2.24) is 19.7 Å². The zero-order chi connectivity index (χ0) is 20.3. The number of hydrogen-bond donors (Lipinski definition) is 0. The number of fused-ring (bicyclic) bond motifs is 1. The SMILES string of the molecule is CCOC(=O)/C=C/c1c(C(C)C)nc2c(cnn2CC)c1-c1cncc(C)c1. The van der Waals surface area contributed by atoms with E-state index in [1.165, 1.54) is 6.08 Å². The Labute approximate surface area is 165 Å². The van der Waals surface area contributed by atoms with Gasteiger partial charge < -0.3 is 4.74 Å². The van der Waals surface area contributed by atoms with E-state index in [1.54, 1.807) is 13.0 Å². The van der Waals surface area contributed by atoms with Gasteiger partial charge in [0.1, 0.15) is 0 Å². The van der Waals surface area contributed by atoms with Crippen LogP contribution in [0.3, 0.4) is 0 Å². The van der Waals surface area contributed by atoms with Gasteiger partial charge in [0, 0.05) is 47.1 Å². The summed E-state index contributed by atoms with van der Waals surface area (Å²) in [5, 5.41) is 5.45. The monoisotopic (exact) mass is 378 g/mol. The van der Waals surface area contributed by atoms with E-state index in [4.69, 9.17) is 9.72 Å². The molecule has 0 unspecified atom stereocenters. The smallest absolute Gasteiger partial charge is 0.330 e. The molecule has 0 saturated carbocycles. The summed E-state index contributed by atoms with van der Waals surface area (Å²) in [6.45, 7) is 11.1. The second-order valence-electron chi connectivity index (χ2n) is 6.97. The average molecular weight is 378 g/mol. The minimum Gasteiger partial charge on any atom is -0.463 e. The van der Waals surface area contributed by atoms with Gasteiger partial charge >= 0.3 is 5.97 Å². The lowest BCUT2D eigenvalue weighted by atomic mass is 9.92. The summed E-state index contributed by atoms with van der Waals surface area (Å²) in [7, 11) is 0. The van der Waals surface area contributed by atoms with Gasteiger partial charge in [-0.2, -0.15) is 5.10 Å². The molecule has 0 amide bonds. The molecule has 146 valence electrons. The van der Waals surface area contributed by atoms with E-state index in [0.29, 0.717) is 6.61 Å². The van der Waals surface area contributed by atoms with Gasteiger partial charge in [0.15, 0.2) is 5.65 Å². The highest BCUT2D eigenvalue weighted by molar-refractivity contribution is 5.99. The van der Waals surface area contributed by atoms with Crippen LogP contribution in [0.25, 0.3) is 28.2 Å². The largest absolute Gasteiger partial charge is 0.463 e. The molecule has 0 aliphatic carbocycles. The van der Waals surface area contributed by atoms with E-state index >= 15 is 0 Å². The number of aryl methyl sites for hydroxylation is 2. The van der Waals surface area contributed by atoms with Crippen LogP contribution in [-0.4, -0.2) is 32.3 Å². The van der Waals surface area contributed by atoms with E-state index in [9.17, 15) is 4.79 Å². The van der Waals surface area contributed by atoms with Gasteiger partial charge in [0.05, 0.1) is 18.5 Å². The van der Waals surface area contributed by atoms with Crippen molar-refractivity contribution in [2.45, 2.75) is 47.1 Å². The second kappa shape index (κ2) is 8.33. The predicted molar refractivity (Wildman–Crippen MR) is 111 cm³/mol. The Morgan fingerprint density at radius 3 is 2.68 bits per heavy atom. The molecule has 0 aromatic carbocycles. The molecule has 0 aliphatic heterocycles. The van der Waals surface area contributed by atoms with E-state index < -0.39 is 0 Å². The zero-order valence-electron chi connectivity index (χ0n) is 17.1. The molecular weight excluding hydrogens is 352 g/mol. The predicted octanol–water partition coefficient (Wildman–Crippen LogP) is 4.52. The first kappa shape index (κ1) is 19.7. The molecule has 0 fully saturated rings. The fourth-order valence-electron chi connectivity index (χ4n) is 3.31. The molecule has 0 N–H and O–H groups in total. The first-order valence-electron chi connectivity index (χ1n) is 9.62. The third-order valence-corrected chi connectivity index (χ3v) is 4.54. The summed E-state index contributed by atoms with van der Waals surface area (Å²) in [6, 6.07) is 2.09. The molecule has 0 spiro atoms. The van der Waals surface area contributed by atoms with Gasteiger partial charge in [-0.3, -0.25) is 4.98 Å². The molecule has 3 aromatic rings. The highest BCUT2D eigenvalue weighted by Crippen LogP contribution is 2.36. The lowest BCUT2D eigenvalue weighted by Gasteiger charge is -2.16. The summed E-state index contributed by atoms with van der Waals surface area (Å²) >= 11 is 0. The molecule has 3 aromatic heterocycles. The lowest BCUT2D eigenvalue weighted by molar-refractivity contribution is -0.137. The summed E-state index contributed by atoms with van der Waals surface area (Å²) in [5.41, 5.74) is 5.70. The van der Waals surface area contributed by atoms with Crippen molar-refractivity contribution in [2.24, 2.45) is 0 Å². The van der Waals surface area contributed by atoms with Crippen LogP contribution in [0.15, 0.2) is 30.7 Å². The highest BCUT2D eigenvalue weighted by atomic mass is 16.5. The Balaban J connectivity index is 2.35. The first-order chi connectivity index (χ1) is 13.5. The van der Waals surface area contributed by atoms with E-state index in [-0.39, 0.29) is 11.9 Å². The van der Waals surface area contributed by atoms with Crippen molar-refractivity contribution in [3.05, 3.63) is 47.6 Å². The standard InChI is InChI=1S/C22H26N4O2/c1-6-26-22-18(13-24-26)20(16-10-15(5)11-23-12-16)17(21(25-22)14(3)4)8-9-19(27)28-7-2/h8-14H,6-7H2,1-5H3/b9-8+. The molecule has 6 nitrogen and oxygen atoms in total. The van der Waals surface area contributed by atoms with Crippen molar-refractivity contribution in [1.29, 1.82) is 0 Å². The van der Waals surface area contributed by atoms with Crippen LogP contribution in [0.5, 0.6) is 0 Å². The third-order valence-electron chi connectivity index (χ3n) is 4.54. The first-order valence-corrected chi connectivity index (χ1v) is 9.62. The number of ether oxygens (including phenoxy) is 1. The normalized spacial score (nSPS) is 11.6. The van der Waals surface area contributed by atoms with Crippen molar-refractivity contribution in [3.63, 3.8) is 0 Å². The maximum atomic E-state index is 12.0. The van der Waals surface area contributed by atoms with Gasteiger partial charge in [0.2, 0.25) is 0 Å². The second-order valence-corrected chi connectivity index (χ2v) is 6.97. The molecule has 3 heterocycles. The molecule has 0 saturated heterocycles. The molecule has 28 heavy (non-hydrogen) atoms. The Kier molecular flexibility index (Phi) is 5.87. The van der Waals surface area contributed by atoms with Gasteiger partial charge in [-0.15, -0.1) is 0 Å². The van der Waals surface area contributed by atoms with E-state index in [0.717, 1.165) is 45.5 Å². The van der Waals surface area contributed by atoms with Crippen LogP contribution in [0.2, 0.25) is 0 Å². The molecule has 0 radical (unpaired) electrons. The van der Waals surface area contributed by atoms with Crippen molar-refractivity contribution in [3.8, 4) is 11.1 Å². The van der Waals surface area contributed by atoms with E-state index in [1.807, 2.05) is 37.1 Å². The Morgan fingerprint density at radius 1 is 1.25 bits per heavy atom. The Morgan fingerprint density at radius 2 is 2.04 bits per heavy atom. The van der Waals surface area contributed by atoms with Crippen molar-refractivity contribution < 1.29 is 9.53 Å². The molecule has 0 atom stereocenters. The van der Waals surface area contributed by atoms with E-state index in [2.05, 4.69) is 30.0 Å². The number of hydrogen-bond acceptors (Lipinski definition) is 5. The highest BCUT2D eigenvalue weighted by Gasteiger charge is 2.20. The van der Waals surface area contributed by atoms with Gasteiger partial charge in [-0.05, 0) is 44.4 Å². The topological polar surface area (TPSA) is 69.9 Å². The van der Waals surface area contributed by atoms with Crippen molar-refractivity contribution in [2.75, 3.05) is 6.61 Å². The van der Waals surface area contributed by atoms with Crippen LogP contribution in [0.1, 0.15) is 50.4 Å². The molecule has 0 bridgehead atoms. The lowest BCUT2D eigenvalue weighted by Crippen LogP contribution is -2.05.